The highest BCUT2D eigenvalue weighted by Crippen LogP contribution is 2.34. The Bertz CT molecular complexity index is 275. The SMILES string of the molecule is NC1CCC(F)(Cc2ccoc2)CC1. The van der Waals surface area contributed by atoms with Crippen molar-refractivity contribution in [3.8, 4) is 0 Å². The fourth-order valence-corrected chi connectivity index (χ4v) is 2.09. The van der Waals surface area contributed by atoms with E-state index >= 15 is 0 Å². The molecule has 3 heteroatoms. The number of rotatable bonds is 2. The quantitative estimate of drug-likeness (QED) is 0.790. The van der Waals surface area contributed by atoms with Crippen LogP contribution in [-0.4, -0.2) is 11.7 Å². The zero-order chi connectivity index (χ0) is 10.0. The minimum Gasteiger partial charge on any atom is -0.472 e. The third-order valence-corrected chi connectivity index (χ3v) is 3.03. The van der Waals surface area contributed by atoms with E-state index in [2.05, 4.69) is 0 Å². The molecule has 14 heavy (non-hydrogen) atoms. The third-order valence-electron chi connectivity index (χ3n) is 3.03. The zero-order valence-electron chi connectivity index (χ0n) is 8.21. The maximum absolute atomic E-state index is 14.2. The summed E-state index contributed by atoms with van der Waals surface area (Å²) in [7, 11) is 0. The molecule has 0 atom stereocenters. The van der Waals surface area contributed by atoms with Gasteiger partial charge >= 0.3 is 0 Å². The molecule has 0 unspecified atom stereocenters. The highest BCUT2D eigenvalue weighted by Gasteiger charge is 2.34. The first kappa shape index (κ1) is 9.71. The Kier molecular flexibility index (Phi) is 2.59. The van der Waals surface area contributed by atoms with E-state index < -0.39 is 5.67 Å². The van der Waals surface area contributed by atoms with Crippen LogP contribution in [0.15, 0.2) is 23.0 Å². The summed E-state index contributed by atoms with van der Waals surface area (Å²) in [6.45, 7) is 0. The van der Waals surface area contributed by atoms with Crippen LogP contribution in [0.4, 0.5) is 4.39 Å². The van der Waals surface area contributed by atoms with E-state index in [1.807, 2.05) is 6.07 Å². The largest absolute Gasteiger partial charge is 0.472 e. The average Bonchev–Trinajstić information content (AvgIpc) is 2.63. The van der Waals surface area contributed by atoms with Gasteiger partial charge in [0, 0.05) is 12.5 Å². The summed E-state index contributed by atoms with van der Waals surface area (Å²) in [6, 6.07) is 2.03. The van der Waals surface area contributed by atoms with Gasteiger partial charge in [-0.1, -0.05) is 0 Å². The molecule has 2 rings (SSSR count). The van der Waals surface area contributed by atoms with Crippen LogP contribution in [0.5, 0.6) is 0 Å². The van der Waals surface area contributed by atoms with Crippen LogP contribution in [0.25, 0.3) is 0 Å². The van der Waals surface area contributed by atoms with E-state index in [1.165, 1.54) is 0 Å². The number of hydrogen-bond acceptors (Lipinski definition) is 2. The number of furan rings is 1. The topological polar surface area (TPSA) is 39.2 Å². The molecule has 1 saturated carbocycles. The molecular weight excluding hydrogens is 181 g/mol. The Hall–Kier alpha value is -0.830. The third kappa shape index (κ3) is 2.15. The molecule has 2 N–H and O–H groups in total. The van der Waals surface area contributed by atoms with Crippen LogP contribution >= 0.6 is 0 Å². The molecule has 1 aliphatic carbocycles. The minimum atomic E-state index is -1.06. The lowest BCUT2D eigenvalue weighted by atomic mass is 9.80. The predicted molar refractivity (Wildman–Crippen MR) is 52.7 cm³/mol. The summed E-state index contributed by atoms with van der Waals surface area (Å²) in [5.74, 6) is 0. The summed E-state index contributed by atoms with van der Waals surface area (Å²) < 4.78 is 19.1. The van der Waals surface area contributed by atoms with E-state index in [9.17, 15) is 4.39 Å². The molecule has 0 spiro atoms. The number of hydrogen-bond donors (Lipinski definition) is 1. The highest BCUT2D eigenvalue weighted by molar-refractivity contribution is 5.10. The first-order valence-corrected chi connectivity index (χ1v) is 5.14. The Morgan fingerprint density at radius 3 is 2.79 bits per heavy atom. The van der Waals surface area contributed by atoms with Gasteiger partial charge < -0.3 is 10.2 Å². The van der Waals surface area contributed by atoms with Crippen molar-refractivity contribution in [3.05, 3.63) is 24.2 Å². The van der Waals surface area contributed by atoms with Crippen molar-refractivity contribution in [2.75, 3.05) is 0 Å². The van der Waals surface area contributed by atoms with E-state index in [0.717, 1.165) is 18.4 Å². The first-order valence-electron chi connectivity index (χ1n) is 5.14. The molecule has 1 aliphatic rings. The van der Waals surface area contributed by atoms with E-state index in [0.29, 0.717) is 19.3 Å². The van der Waals surface area contributed by atoms with Gasteiger partial charge in [-0.2, -0.15) is 0 Å². The van der Waals surface area contributed by atoms with Crippen molar-refractivity contribution in [2.45, 2.75) is 43.8 Å². The molecule has 1 fully saturated rings. The van der Waals surface area contributed by atoms with Crippen LogP contribution in [0.1, 0.15) is 31.2 Å². The standard InChI is InChI=1S/C11H16FNO/c12-11(4-1-10(13)2-5-11)7-9-3-6-14-8-9/h3,6,8,10H,1-2,4-5,7,13H2. The zero-order valence-corrected chi connectivity index (χ0v) is 8.21. The lowest BCUT2D eigenvalue weighted by molar-refractivity contribution is 0.0993. The van der Waals surface area contributed by atoms with Crippen molar-refractivity contribution in [1.29, 1.82) is 0 Å². The number of halogens is 1. The van der Waals surface area contributed by atoms with Crippen LogP contribution in [0.3, 0.4) is 0 Å². The van der Waals surface area contributed by atoms with Crippen molar-refractivity contribution >= 4 is 0 Å². The van der Waals surface area contributed by atoms with E-state index in [1.54, 1.807) is 12.5 Å². The molecular formula is C11H16FNO. The summed E-state index contributed by atoms with van der Waals surface area (Å²) >= 11 is 0. The molecule has 0 aromatic carbocycles. The summed E-state index contributed by atoms with van der Waals surface area (Å²) in [5, 5.41) is 0. The van der Waals surface area contributed by atoms with Gasteiger partial charge in [0.15, 0.2) is 0 Å². The first-order chi connectivity index (χ1) is 6.68. The van der Waals surface area contributed by atoms with Gasteiger partial charge in [-0.15, -0.1) is 0 Å². The van der Waals surface area contributed by atoms with Gasteiger partial charge in [-0.05, 0) is 37.3 Å². The smallest absolute Gasteiger partial charge is 0.115 e. The Morgan fingerprint density at radius 2 is 2.21 bits per heavy atom. The minimum absolute atomic E-state index is 0.197. The molecule has 1 aromatic heterocycles. The van der Waals surface area contributed by atoms with Gasteiger partial charge in [0.05, 0.1) is 12.5 Å². The Labute approximate surface area is 83.3 Å². The van der Waals surface area contributed by atoms with Crippen molar-refractivity contribution in [2.24, 2.45) is 5.73 Å². The van der Waals surface area contributed by atoms with Gasteiger partial charge in [-0.25, -0.2) is 4.39 Å². The molecule has 2 nitrogen and oxygen atoms in total. The molecule has 1 aromatic rings. The van der Waals surface area contributed by atoms with E-state index in [4.69, 9.17) is 10.2 Å². The van der Waals surface area contributed by atoms with Crippen molar-refractivity contribution in [3.63, 3.8) is 0 Å². The van der Waals surface area contributed by atoms with Gasteiger partial charge in [0.1, 0.15) is 5.67 Å². The van der Waals surface area contributed by atoms with Gasteiger partial charge in [0.25, 0.3) is 0 Å². The molecule has 78 valence electrons. The van der Waals surface area contributed by atoms with E-state index in [-0.39, 0.29) is 6.04 Å². The highest BCUT2D eigenvalue weighted by atomic mass is 19.1. The molecule has 0 aliphatic heterocycles. The Balaban J connectivity index is 1.96. The van der Waals surface area contributed by atoms with Crippen molar-refractivity contribution < 1.29 is 8.81 Å². The molecule has 0 saturated heterocycles. The average molecular weight is 197 g/mol. The lowest BCUT2D eigenvalue weighted by Gasteiger charge is -2.32. The normalized spacial score (nSPS) is 33.1. The van der Waals surface area contributed by atoms with Crippen LogP contribution in [-0.2, 0) is 6.42 Å². The molecule has 0 bridgehead atoms. The van der Waals surface area contributed by atoms with Crippen molar-refractivity contribution in [1.82, 2.24) is 0 Å². The second-order valence-electron chi connectivity index (χ2n) is 4.30. The van der Waals surface area contributed by atoms with Crippen LogP contribution < -0.4 is 5.73 Å². The summed E-state index contributed by atoms with van der Waals surface area (Å²) in [6.07, 6.45) is 6.45. The number of nitrogens with two attached hydrogens (primary N) is 1. The molecule has 1 heterocycles. The lowest BCUT2D eigenvalue weighted by Crippen LogP contribution is -2.37. The van der Waals surface area contributed by atoms with Crippen LogP contribution in [0.2, 0.25) is 0 Å². The maximum atomic E-state index is 14.2. The second kappa shape index (κ2) is 3.73. The summed E-state index contributed by atoms with van der Waals surface area (Å²) in [5.41, 5.74) is 5.64. The predicted octanol–water partition coefficient (Wildman–Crippen LogP) is 2.43. The fraction of sp³-hybridized carbons (Fsp3) is 0.636. The molecule has 0 radical (unpaired) electrons. The summed E-state index contributed by atoms with van der Waals surface area (Å²) in [4.78, 5) is 0. The monoisotopic (exact) mass is 197 g/mol. The molecule has 0 amide bonds. The fourth-order valence-electron chi connectivity index (χ4n) is 2.09. The van der Waals surface area contributed by atoms with Gasteiger partial charge in [0.2, 0.25) is 0 Å². The van der Waals surface area contributed by atoms with Crippen LogP contribution in [0, 0.1) is 0 Å². The van der Waals surface area contributed by atoms with Gasteiger partial charge in [-0.3, -0.25) is 0 Å². The second-order valence-corrected chi connectivity index (χ2v) is 4.30. The Morgan fingerprint density at radius 1 is 1.50 bits per heavy atom. The maximum Gasteiger partial charge on any atom is 0.115 e. The number of alkyl halides is 1.